The second-order valence-corrected chi connectivity index (χ2v) is 8.53. The van der Waals surface area contributed by atoms with Gasteiger partial charge in [-0.05, 0) is 25.0 Å². The van der Waals surface area contributed by atoms with Crippen LogP contribution in [0.4, 0.5) is 8.78 Å². The van der Waals surface area contributed by atoms with Crippen molar-refractivity contribution in [3.63, 3.8) is 0 Å². The minimum absolute atomic E-state index is 0.313. The summed E-state index contributed by atoms with van der Waals surface area (Å²) >= 11 is 1.17. The van der Waals surface area contributed by atoms with Crippen LogP contribution < -0.4 is 16.2 Å². The molecule has 1 heterocycles. The predicted molar refractivity (Wildman–Crippen MR) is 120 cm³/mol. The van der Waals surface area contributed by atoms with Crippen molar-refractivity contribution in [1.82, 2.24) is 21.2 Å². The van der Waals surface area contributed by atoms with Gasteiger partial charge in [-0.3, -0.25) is 25.2 Å². The molecule has 2 aromatic carbocycles. The smallest absolute Gasteiger partial charge is 0.281 e. The fraction of sp³-hybridized carbons (Fsp3) is 0.217. The highest BCUT2D eigenvalue weighted by molar-refractivity contribution is 7.17. The molecule has 0 aliphatic rings. The molecule has 10 heteroatoms. The quantitative estimate of drug-likeness (QED) is 0.477. The van der Waals surface area contributed by atoms with Crippen LogP contribution in [0.15, 0.2) is 48.5 Å². The first-order chi connectivity index (χ1) is 15.7. The number of carbonyl (C=O) groups excluding carboxylic acids is 3. The number of hydrogen-bond donors (Lipinski definition) is 3. The van der Waals surface area contributed by atoms with Crippen LogP contribution in [0, 0.1) is 24.5 Å². The molecular formula is C23H22F2N4O3S. The lowest BCUT2D eigenvalue weighted by atomic mass is 10.0. The SMILES string of the molecule is Cc1nc(-c2ccccc2)sc1C(=O)NNC(=O)C(NC(=O)c1c(F)cccc1F)C(C)C. The molecule has 1 aromatic heterocycles. The van der Waals surface area contributed by atoms with Crippen LogP contribution >= 0.6 is 11.3 Å². The fourth-order valence-corrected chi connectivity index (χ4v) is 3.99. The van der Waals surface area contributed by atoms with Gasteiger partial charge in [-0.25, -0.2) is 13.8 Å². The van der Waals surface area contributed by atoms with Crippen molar-refractivity contribution in [2.75, 3.05) is 0 Å². The Morgan fingerprint density at radius 3 is 2.15 bits per heavy atom. The van der Waals surface area contributed by atoms with E-state index in [4.69, 9.17) is 0 Å². The minimum Gasteiger partial charge on any atom is -0.340 e. The lowest BCUT2D eigenvalue weighted by molar-refractivity contribution is -0.124. The first-order valence-corrected chi connectivity index (χ1v) is 10.9. The lowest BCUT2D eigenvalue weighted by Gasteiger charge is -2.22. The second-order valence-electron chi connectivity index (χ2n) is 7.53. The molecule has 3 amide bonds. The summed E-state index contributed by atoms with van der Waals surface area (Å²) < 4.78 is 27.8. The number of nitrogens with zero attached hydrogens (tertiary/aromatic N) is 1. The molecule has 1 atom stereocenters. The van der Waals surface area contributed by atoms with Gasteiger partial charge in [0.25, 0.3) is 17.7 Å². The summed E-state index contributed by atoms with van der Waals surface area (Å²) in [5, 5.41) is 2.98. The maximum absolute atomic E-state index is 13.9. The van der Waals surface area contributed by atoms with Crippen LogP contribution in [0.3, 0.4) is 0 Å². The van der Waals surface area contributed by atoms with E-state index in [9.17, 15) is 23.2 Å². The van der Waals surface area contributed by atoms with Crippen LogP contribution in [0.1, 0.15) is 39.6 Å². The van der Waals surface area contributed by atoms with Crippen molar-refractivity contribution < 1.29 is 23.2 Å². The molecule has 0 radical (unpaired) electrons. The van der Waals surface area contributed by atoms with Gasteiger partial charge in [0.1, 0.15) is 33.1 Å². The summed E-state index contributed by atoms with van der Waals surface area (Å²) in [5.74, 6) is -4.91. The van der Waals surface area contributed by atoms with Crippen LogP contribution in [-0.2, 0) is 4.79 Å². The van der Waals surface area contributed by atoms with Crippen molar-refractivity contribution >= 4 is 29.1 Å². The minimum atomic E-state index is -1.15. The zero-order valence-electron chi connectivity index (χ0n) is 18.1. The molecule has 7 nitrogen and oxygen atoms in total. The van der Waals surface area contributed by atoms with Gasteiger partial charge in [0.2, 0.25) is 0 Å². The van der Waals surface area contributed by atoms with Gasteiger partial charge in [-0.1, -0.05) is 50.2 Å². The standard InChI is InChI=1S/C23H22F2N4O3S/c1-12(2)18(27-20(30)17-15(24)10-7-11-16(17)25)21(31)28-29-22(32)19-13(3)26-23(33-19)14-8-5-4-6-9-14/h4-12,18H,1-3H3,(H,27,30)(H,28,31)(H,29,32). The molecule has 3 N–H and O–H groups in total. The summed E-state index contributed by atoms with van der Waals surface area (Å²) in [6.45, 7) is 4.97. The fourth-order valence-electron chi connectivity index (χ4n) is 3.03. The van der Waals surface area contributed by atoms with Gasteiger partial charge in [-0.15, -0.1) is 11.3 Å². The molecular weight excluding hydrogens is 450 g/mol. The van der Waals surface area contributed by atoms with Crippen molar-refractivity contribution in [3.8, 4) is 10.6 Å². The highest BCUT2D eigenvalue weighted by atomic mass is 32.1. The predicted octanol–water partition coefficient (Wildman–Crippen LogP) is 3.61. The van der Waals surface area contributed by atoms with E-state index in [0.717, 1.165) is 23.8 Å². The van der Waals surface area contributed by atoms with Gasteiger partial charge in [0, 0.05) is 5.56 Å². The summed E-state index contributed by atoms with van der Waals surface area (Å²) in [5.41, 5.74) is 5.14. The van der Waals surface area contributed by atoms with Gasteiger partial charge < -0.3 is 5.32 Å². The Morgan fingerprint density at radius 1 is 0.909 bits per heavy atom. The van der Waals surface area contributed by atoms with Crippen LogP contribution in [0.25, 0.3) is 10.6 Å². The highest BCUT2D eigenvalue weighted by Gasteiger charge is 2.28. The Hall–Kier alpha value is -3.66. The number of rotatable bonds is 6. The van der Waals surface area contributed by atoms with Crippen molar-refractivity contribution in [1.29, 1.82) is 0 Å². The number of amides is 3. The van der Waals surface area contributed by atoms with Crippen molar-refractivity contribution in [2.45, 2.75) is 26.8 Å². The van der Waals surface area contributed by atoms with E-state index in [-0.39, 0.29) is 0 Å². The summed E-state index contributed by atoms with van der Waals surface area (Å²) in [6.07, 6.45) is 0. The van der Waals surface area contributed by atoms with E-state index >= 15 is 0 Å². The van der Waals surface area contributed by atoms with Crippen molar-refractivity contribution in [3.05, 3.63) is 76.3 Å². The average Bonchev–Trinajstić information content (AvgIpc) is 3.17. The van der Waals surface area contributed by atoms with E-state index in [0.29, 0.717) is 15.6 Å². The van der Waals surface area contributed by atoms with E-state index < -0.39 is 46.9 Å². The van der Waals surface area contributed by atoms with E-state index in [1.165, 1.54) is 11.3 Å². The summed E-state index contributed by atoms with van der Waals surface area (Å²) in [4.78, 5) is 42.3. The van der Waals surface area contributed by atoms with Gasteiger partial charge >= 0.3 is 0 Å². The normalized spacial score (nSPS) is 11.7. The molecule has 0 saturated carbocycles. The Morgan fingerprint density at radius 2 is 1.55 bits per heavy atom. The molecule has 172 valence electrons. The number of aryl methyl sites for hydroxylation is 1. The third kappa shape index (κ3) is 5.58. The molecule has 0 spiro atoms. The lowest BCUT2D eigenvalue weighted by Crippen LogP contribution is -2.54. The molecule has 3 rings (SSSR count). The molecule has 0 saturated heterocycles. The van der Waals surface area contributed by atoms with Crippen LogP contribution in [0.2, 0.25) is 0 Å². The largest absolute Gasteiger partial charge is 0.340 e. The molecule has 33 heavy (non-hydrogen) atoms. The third-order valence-corrected chi connectivity index (χ3v) is 5.95. The number of benzene rings is 2. The second kappa shape index (κ2) is 10.3. The van der Waals surface area contributed by atoms with Gasteiger partial charge in [0.05, 0.1) is 5.69 Å². The maximum Gasteiger partial charge on any atom is 0.281 e. The third-order valence-electron chi connectivity index (χ3n) is 4.75. The Balaban J connectivity index is 1.67. The topological polar surface area (TPSA) is 100 Å². The maximum atomic E-state index is 13.9. The molecule has 3 aromatic rings. The Kier molecular flexibility index (Phi) is 7.49. The molecule has 0 aliphatic carbocycles. The zero-order chi connectivity index (χ0) is 24.1. The molecule has 0 fully saturated rings. The number of nitrogens with one attached hydrogen (secondary N) is 3. The van der Waals surface area contributed by atoms with E-state index in [1.807, 2.05) is 30.3 Å². The average molecular weight is 473 g/mol. The Labute approximate surface area is 193 Å². The molecule has 0 bridgehead atoms. The number of halogens is 2. The van der Waals surface area contributed by atoms with Gasteiger partial charge in [0.15, 0.2) is 0 Å². The first-order valence-electron chi connectivity index (χ1n) is 10.1. The zero-order valence-corrected chi connectivity index (χ0v) is 18.9. The molecule has 1 unspecified atom stereocenters. The number of hydrogen-bond acceptors (Lipinski definition) is 5. The highest BCUT2D eigenvalue weighted by Crippen LogP contribution is 2.27. The van der Waals surface area contributed by atoms with E-state index in [1.54, 1.807) is 20.8 Å². The first kappa shape index (κ1) is 24.0. The number of carbonyl (C=O) groups is 3. The summed E-state index contributed by atoms with van der Waals surface area (Å²) in [6, 6.07) is 11.2. The number of hydrazine groups is 1. The summed E-state index contributed by atoms with van der Waals surface area (Å²) in [7, 11) is 0. The number of aromatic nitrogens is 1. The van der Waals surface area contributed by atoms with Crippen LogP contribution in [0.5, 0.6) is 0 Å². The Bertz CT molecular complexity index is 1160. The van der Waals surface area contributed by atoms with Crippen LogP contribution in [-0.4, -0.2) is 28.7 Å². The number of thiazole rings is 1. The van der Waals surface area contributed by atoms with E-state index in [2.05, 4.69) is 21.2 Å². The van der Waals surface area contributed by atoms with Gasteiger partial charge in [-0.2, -0.15) is 0 Å². The molecule has 0 aliphatic heterocycles. The monoisotopic (exact) mass is 472 g/mol. The van der Waals surface area contributed by atoms with Crippen molar-refractivity contribution in [2.24, 2.45) is 5.92 Å².